The summed E-state index contributed by atoms with van der Waals surface area (Å²) in [6.07, 6.45) is 6.87. The fourth-order valence-electron chi connectivity index (χ4n) is 3.44. The summed E-state index contributed by atoms with van der Waals surface area (Å²) in [6.45, 7) is 0. The molecule has 0 unspecified atom stereocenters. The Bertz CT molecular complexity index is 865. The normalized spacial score (nSPS) is 18.9. The fourth-order valence-corrected chi connectivity index (χ4v) is 3.44. The number of carboxylic acids is 1. The second kappa shape index (κ2) is 6.60. The lowest BCUT2D eigenvalue weighted by Gasteiger charge is -2.08. The molecule has 3 heteroatoms. The van der Waals surface area contributed by atoms with Crippen molar-refractivity contribution in [3.63, 3.8) is 0 Å². The molecule has 1 aliphatic rings. The molecule has 0 spiro atoms. The van der Waals surface area contributed by atoms with Crippen LogP contribution in [0.1, 0.15) is 18.4 Å². The van der Waals surface area contributed by atoms with Gasteiger partial charge in [0, 0.05) is 18.1 Å². The number of benzene rings is 2. The highest BCUT2D eigenvalue weighted by molar-refractivity contribution is 5.73. The van der Waals surface area contributed by atoms with Gasteiger partial charge >= 0.3 is 5.97 Å². The summed E-state index contributed by atoms with van der Waals surface area (Å²) in [4.78, 5) is 10.9. The van der Waals surface area contributed by atoms with Crippen LogP contribution in [0.4, 0.5) is 0 Å². The number of nitrogens with zero attached hydrogens (tertiary/aromatic N) is 1. The van der Waals surface area contributed by atoms with E-state index in [-0.39, 0.29) is 5.92 Å². The number of aryl methyl sites for hydroxylation is 1. The second-order valence-corrected chi connectivity index (χ2v) is 6.82. The van der Waals surface area contributed by atoms with Gasteiger partial charge in [0.05, 0.1) is 5.92 Å². The van der Waals surface area contributed by atoms with E-state index in [9.17, 15) is 4.79 Å². The maximum absolute atomic E-state index is 10.9. The lowest BCUT2D eigenvalue weighted by Crippen LogP contribution is -2.00. The molecule has 2 aromatic carbocycles. The van der Waals surface area contributed by atoms with Crippen LogP contribution in [0, 0.1) is 11.8 Å². The van der Waals surface area contributed by atoms with E-state index in [0.717, 1.165) is 24.9 Å². The Kier molecular flexibility index (Phi) is 4.14. The molecule has 1 aliphatic carbocycles. The maximum atomic E-state index is 10.9. The van der Waals surface area contributed by atoms with Crippen molar-refractivity contribution in [2.24, 2.45) is 11.8 Å². The molecule has 0 bridgehead atoms. The van der Waals surface area contributed by atoms with E-state index < -0.39 is 5.97 Å². The fraction of sp³-hybridized carbons (Fsp3) is 0.227. The summed E-state index contributed by atoms with van der Waals surface area (Å²) in [7, 11) is 0. The smallest absolute Gasteiger partial charge is 0.306 e. The first-order valence-electron chi connectivity index (χ1n) is 8.76. The highest BCUT2D eigenvalue weighted by atomic mass is 16.4. The number of carboxylic acid groups (broad SMARTS) is 1. The molecule has 1 saturated carbocycles. The average molecular weight is 331 g/mol. The van der Waals surface area contributed by atoms with Gasteiger partial charge in [0.15, 0.2) is 0 Å². The van der Waals surface area contributed by atoms with Crippen molar-refractivity contribution < 1.29 is 9.90 Å². The van der Waals surface area contributed by atoms with Gasteiger partial charge in [-0.1, -0.05) is 36.4 Å². The van der Waals surface area contributed by atoms with Crippen LogP contribution in [-0.2, 0) is 11.2 Å². The van der Waals surface area contributed by atoms with E-state index in [2.05, 4.69) is 53.1 Å². The van der Waals surface area contributed by atoms with E-state index in [1.165, 1.54) is 16.7 Å². The molecular formula is C22H21NO2. The number of aliphatic carboxylic acids is 1. The van der Waals surface area contributed by atoms with Crippen LogP contribution in [-0.4, -0.2) is 15.6 Å². The molecule has 1 N–H and O–H groups in total. The van der Waals surface area contributed by atoms with Crippen LogP contribution in [0.25, 0.3) is 16.8 Å². The summed E-state index contributed by atoms with van der Waals surface area (Å²) in [5.41, 5.74) is 4.83. The van der Waals surface area contributed by atoms with E-state index in [1.54, 1.807) is 0 Å². The number of carbonyl (C=O) groups is 1. The first kappa shape index (κ1) is 15.7. The molecule has 0 aliphatic heterocycles. The predicted molar refractivity (Wildman–Crippen MR) is 98.8 cm³/mol. The van der Waals surface area contributed by atoms with Crippen LogP contribution in [0.15, 0.2) is 73.1 Å². The first-order chi connectivity index (χ1) is 12.2. The van der Waals surface area contributed by atoms with Gasteiger partial charge in [-0.05, 0) is 66.1 Å². The Labute approximate surface area is 147 Å². The quantitative estimate of drug-likeness (QED) is 0.705. The van der Waals surface area contributed by atoms with Crippen molar-refractivity contribution >= 4 is 5.97 Å². The second-order valence-electron chi connectivity index (χ2n) is 6.82. The van der Waals surface area contributed by atoms with Crippen molar-refractivity contribution in [3.8, 4) is 16.8 Å². The third-order valence-corrected chi connectivity index (χ3v) is 5.08. The van der Waals surface area contributed by atoms with Gasteiger partial charge in [-0.2, -0.15) is 0 Å². The molecule has 1 aromatic heterocycles. The molecule has 0 amide bonds. The zero-order valence-corrected chi connectivity index (χ0v) is 14.0. The SMILES string of the molecule is O=C(O)[C@@H]1C[C@H]1CCc1ccc(-c2cccc(-n3cccc3)c2)cc1. The third-order valence-electron chi connectivity index (χ3n) is 5.08. The Morgan fingerprint density at radius 2 is 1.76 bits per heavy atom. The van der Waals surface area contributed by atoms with Gasteiger partial charge in [-0.3, -0.25) is 4.79 Å². The Morgan fingerprint density at radius 3 is 2.44 bits per heavy atom. The molecule has 3 nitrogen and oxygen atoms in total. The molecule has 2 atom stereocenters. The highest BCUT2D eigenvalue weighted by Crippen LogP contribution is 2.42. The Hall–Kier alpha value is -2.81. The van der Waals surface area contributed by atoms with Crippen molar-refractivity contribution in [1.82, 2.24) is 4.57 Å². The van der Waals surface area contributed by atoms with Crippen molar-refractivity contribution in [3.05, 3.63) is 78.6 Å². The highest BCUT2D eigenvalue weighted by Gasteiger charge is 2.42. The van der Waals surface area contributed by atoms with Crippen LogP contribution in [0.2, 0.25) is 0 Å². The van der Waals surface area contributed by atoms with Crippen molar-refractivity contribution in [1.29, 1.82) is 0 Å². The molecule has 25 heavy (non-hydrogen) atoms. The summed E-state index contributed by atoms with van der Waals surface area (Å²) in [5.74, 6) is -0.367. The zero-order chi connectivity index (χ0) is 17.2. The van der Waals surface area contributed by atoms with E-state index in [4.69, 9.17) is 5.11 Å². The van der Waals surface area contributed by atoms with Gasteiger partial charge < -0.3 is 9.67 Å². The molecule has 0 radical (unpaired) electrons. The topological polar surface area (TPSA) is 42.2 Å². The van der Waals surface area contributed by atoms with E-state index >= 15 is 0 Å². The summed E-state index contributed by atoms with van der Waals surface area (Å²) < 4.78 is 2.10. The summed E-state index contributed by atoms with van der Waals surface area (Å²) in [5, 5.41) is 8.97. The first-order valence-corrected chi connectivity index (χ1v) is 8.76. The number of rotatable bonds is 6. The van der Waals surface area contributed by atoms with Gasteiger partial charge in [0.2, 0.25) is 0 Å². The van der Waals surface area contributed by atoms with Gasteiger partial charge in [0.1, 0.15) is 0 Å². The zero-order valence-electron chi connectivity index (χ0n) is 14.0. The summed E-state index contributed by atoms with van der Waals surface area (Å²) >= 11 is 0. The molecule has 1 heterocycles. The number of hydrogen-bond acceptors (Lipinski definition) is 1. The average Bonchev–Trinajstić information content (AvgIpc) is 3.22. The van der Waals surface area contributed by atoms with Gasteiger partial charge in [-0.15, -0.1) is 0 Å². The lowest BCUT2D eigenvalue weighted by molar-refractivity contribution is -0.138. The molecule has 126 valence electrons. The lowest BCUT2D eigenvalue weighted by atomic mass is 10.0. The Balaban J connectivity index is 1.44. The summed E-state index contributed by atoms with van der Waals surface area (Å²) in [6, 6.07) is 21.2. The maximum Gasteiger partial charge on any atom is 0.306 e. The molecule has 3 aromatic rings. The number of hydrogen-bond donors (Lipinski definition) is 1. The van der Waals surface area contributed by atoms with Gasteiger partial charge in [0.25, 0.3) is 0 Å². The van der Waals surface area contributed by atoms with Crippen molar-refractivity contribution in [2.45, 2.75) is 19.3 Å². The minimum atomic E-state index is -0.636. The standard InChI is InChI=1S/C22H21NO2/c24-22(25)21-15-19(21)11-8-16-6-9-17(10-7-16)18-4-3-5-20(14-18)23-12-1-2-13-23/h1-7,9-10,12-14,19,21H,8,11,15H2,(H,24,25)/t19-,21-/m1/s1. The molecule has 4 rings (SSSR count). The van der Waals surface area contributed by atoms with E-state index in [0.29, 0.717) is 5.92 Å². The molecular weight excluding hydrogens is 310 g/mol. The minimum absolute atomic E-state index is 0.101. The predicted octanol–water partition coefficient (Wildman–Crippen LogP) is 4.80. The molecule has 0 saturated heterocycles. The van der Waals surface area contributed by atoms with Crippen LogP contribution >= 0.6 is 0 Å². The minimum Gasteiger partial charge on any atom is -0.481 e. The molecule has 1 fully saturated rings. The monoisotopic (exact) mass is 331 g/mol. The number of aromatic nitrogens is 1. The van der Waals surface area contributed by atoms with Crippen LogP contribution in [0.3, 0.4) is 0 Å². The van der Waals surface area contributed by atoms with Gasteiger partial charge in [-0.25, -0.2) is 0 Å². The van der Waals surface area contributed by atoms with Crippen LogP contribution in [0.5, 0.6) is 0 Å². The largest absolute Gasteiger partial charge is 0.481 e. The van der Waals surface area contributed by atoms with Crippen molar-refractivity contribution in [2.75, 3.05) is 0 Å². The third kappa shape index (κ3) is 3.50. The van der Waals surface area contributed by atoms with Crippen LogP contribution < -0.4 is 0 Å². The van der Waals surface area contributed by atoms with E-state index in [1.807, 2.05) is 24.5 Å². The Morgan fingerprint density at radius 1 is 1.00 bits per heavy atom.